The lowest BCUT2D eigenvalue weighted by atomic mass is 9.85. The van der Waals surface area contributed by atoms with Gasteiger partial charge in [0.1, 0.15) is 5.75 Å². The normalized spacial score (nSPS) is 15.9. The summed E-state index contributed by atoms with van der Waals surface area (Å²) in [6.07, 6.45) is 3.62. The van der Waals surface area contributed by atoms with E-state index in [4.69, 9.17) is 4.74 Å². The van der Waals surface area contributed by atoms with E-state index in [1.165, 1.54) is 5.56 Å². The van der Waals surface area contributed by atoms with Crippen molar-refractivity contribution < 1.29 is 9.53 Å². The molecule has 0 saturated heterocycles. The van der Waals surface area contributed by atoms with Crippen LogP contribution in [0.3, 0.4) is 0 Å². The number of ketones is 1. The minimum Gasteiger partial charge on any atom is -0.496 e. The van der Waals surface area contributed by atoms with E-state index in [-0.39, 0.29) is 5.78 Å². The van der Waals surface area contributed by atoms with Crippen LogP contribution < -0.4 is 4.74 Å². The van der Waals surface area contributed by atoms with Gasteiger partial charge in [-0.25, -0.2) is 0 Å². The summed E-state index contributed by atoms with van der Waals surface area (Å²) in [6.45, 7) is 2.06. The van der Waals surface area contributed by atoms with Gasteiger partial charge in [-0.1, -0.05) is 42.0 Å². The SMILES string of the molecule is COc1cccc2c1CC/C(=C\c1ccc(C)cc1)C2=O. The molecule has 0 spiro atoms. The molecule has 0 unspecified atom stereocenters. The van der Waals surface area contributed by atoms with Crippen LogP contribution in [0.25, 0.3) is 6.08 Å². The zero-order chi connectivity index (χ0) is 14.8. The lowest BCUT2D eigenvalue weighted by Crippen LogP contribution is -2.15. The van der Waals surface area contributed by atoms with E-state index in [0.29, 0.717) is 0 Å². The summed E-state index contributed by atoms with van der Waals surface area (Å²) in [7, 11) is 1.65. The number of Topliss-reactive ketones (excluding diaryl/α,β-unsaturated/α-hetero) is 1. The standard InChI is InChI=1S/C19H18O2/c1-13-6-8-14(9-7-13)12-15-10-11-16-17(19(15)20)4-3-5-18(16)21-2/h3-9,12H,10-11H2,1-2H3/b15-12+. The van der Waals surface area contributed by atoms with Crippen molar-refractivity contribution in [2.24, 2.45) is 0 Å². The lowest BCUT2D eigenvalue weighted by Gasteiger charge is -2.19. The molecule has 0 amide bonds. The molecule has 106 valence electrons. The maximum Gasteiger partial charge on any atom is 0.189 e. The minimum atomic E-state index is 0.121. The van der Waals surface area contributed by atoms with Gasteiger partial charge in [0.15, 0.2) is 5.78 Å². The number of fused-ring (bicyclic) bond motifs is 1. The average Bonchev–Trinajstić information content (AvgIpc) is 2.51. The van der Waals surface area contributed by atoms with Gasteiger partial charge in [0, 0.05) is 16.7 Å². The van der Waals surface area contributed by atoms with Crippen LogP contribution in [0.4, 0.5) is 0 Å². The Hall–Kier alpha value is -2.35. The number of rotatable bonds is 2. The highest BCUT2D eigenvalue weighted by Crippen LogP contribution is 2.32. The number of methoxy groups -OCH3 is 1. The highest BCUT2D eigenvalue weighted by Gasteiger charge is 2.24. The molecular formula is C19H18O2. The Bertz CT molecular complexity index is 709. The van der Waals surface area contributed by atoms with Gasteiger partial charge in [0.05, 0.1) is 7.11 Å². The van der Waals surface area contributed by atoms with Crippen molar-refractivity contribution in [2.75, 3.05) is 7.11 Å². The van der Waals surface area contributed by atoms with Crippen molar-refractivity contribution in [3.8, 4) is 5.75 Å². The number of benzene rings is 2. The van der Waals surface area contributed by atoms with E-state index in [9.17, 15) is 4.79 Å². The molecule has 0 atom stereocenters. The fourth-order valence-electron chi connectivity index (χ4n) is 2.78. The molecule has 0 aromatic heterocycles. The molecule has 0 fully saturated rings. The number of carbonyl (C=O) groups excluding carboxylic acids is 1. The van der Waals surface area contributed by atoms with Gasteiger partial charge < -0.3 is 4.74 Å². The van der Waals surface area contributed by atoms with Crippen molar-refractivity contribution in [3.05, 3.63) is 70.3 Å². The second-order valence-corrected chi connectivity index (χ2v) is 5.40. The molecule has 0 radical (unpaired) electrons. The van der Waals surface area contributed by atoms with Crippen LogP contribution in [-0.4, -0.2) is 12.9 Å². The number of carbonyl (C=O) groups is 1. The van der Waals surface area contributed by atoms with E-state index in [1.54, 1.807) is 7.11 Å². The van der Waals surface area contributed by atoms with Crippen LogP contribution in [0.5, 0.6) is 5.75 Å². The van der Waals surface area contributed by atoms with Gasteiger partial charge in [-0.3, -0.25) is 4.79 Å². The summed E-state index contributed by atoms with van der Waals surface area (Å²) >= 11 is 0. The van der Waals surface area contributed by atoms with E-state index in [1.807, 2.05) is 24.3 Å². The number of hydrogen-bond donors (Lipinski definition) is 0. The van der Waals surface area contributed by atoms with Crippen LogP contribution in [0.15, 0.2) is 48.0 Å². The van der Waals surface area contributed by atoms with Gasteiger partial charge in [0.2, 0.25) is 0 Å². The second-order valence-electron chi connectivity index (χ2n) is 5.40. The zero-order valence-corrected chi connectivity index (χ0v) is 12.3. The van der Waals surface area contributed by atoms with Crippen LogP contribution in [0, 0.1) is 6.92 Å². The van der Waals surface area contributed by atoms with Crippen molar-refractivity contribution in [3.63, 3.8) is 0 Å². The number of allylic oxidation sites excluding steroid dienone is 1. The molecule has 1 aliphatic carbocycles. The van der Waals surface area contributed by atoms with Crippen LogP contribution >= 0.6 is 0 Å². The van der Waals surface area contributed by atoms with Crippen molar-refractivity contribution in [1.29, 1.82) is 0 Å². The van der Waals surface area contributed by atoms with Crippen LogP contribution in [0.2, 0.25) is 0 Å². The molecule has 0 bridgehead atoms. The van der Waals surface area contributed by atoms with Gasteiger partial charge in [-0.2, -0.15) is 0 Å². The number of hydrogen-bond acceptors (Lipinski definition) is 2. The third kappa shape index (κ3) is 2.62. The Morgan fingerprint density at radius 1 is 1.05 bits per heavy atom. The topological polar surface area (TPSA) is 26.3 Å². The third-order valence-electron chi connectivity index (χ3n) is 3.95. The van der Waals surface area contributed by atoms with E-state index in [2.05, 4.69) is 31.2 Å². The summed E-state index contributed by atoms with van der Waals surface area (Å²) in [5.41, 5.74) is 4.99. The highest BCUT2D eigenvalue weighted by molar-refractivity contribution is 6.13. The molecule has 2 nitrogen and oxygen atoms in total. The number of ether oxygens (including phenoxy) is 1. The van der Waals surface area contributed by atoms with Gasteiger partial charge in [-0.05, 0) is 37.5 Å². The quantitative estimate of drug-likeness (QED) is 0.769. The lowest BCUT2D eigenvalue weighted by molar-refractivity contribution is 0.102. The molecule has 2 aromatic carbocycles. The molecule has 0 heterocycles. The largest absolute Gasteiger partial charge is 0.496 e. The van der Waals surface area contributed by atoms with Gasteiger partial charge in [0.25, 0.3) is 0 Å². The van der Waals surface area contributed by atoms with E-state index in [0.717, 1.165) is 40.9 Å². The molecule has 0 saturated carbocycles. The predicted octanol–water partition coefficient (Wildman–Crippen LogP) is 4.22. The van der Waals surface area contributed by atoms with Crippen molar-refractivity contribution in [1.82, 2.24) is 0 Å². The maximum absolute atomic E-state index is 12.6. The summed E-state index contributed by atoms with van der Waals surface area (Å²) < 4.78 is 5.36. The Kier molecular flexibility index (Phi) is 3.61. The molecule has 3 rings (SSSR count). The smallest absolute Gasteiger partial charge is 0.189 e. The van der Waals surface area contributed by atoms with Gasteiger partial charge >= 0.3 is 0 Å². The van der Waals surface area contributed by atoms with Crippen LogP contribution in [0.1, 0.15) is 33.5 Å². The third-order valence-corrected chi connectivity index (χ3v) is 3.95. The molecule has 0 N–H and O–H groups in total. The first-order chi connectivity index (χ1) is 10.2. The van der Waals surface area contributed by atoms with Crippen molar-refractivity contribution in [2.45, 2.75) is 19.8 Å². The summed E-state index contributed by atoms with van der Waals surface area (Å²) in [5.74, 6) is 0.936. The Morgan fingerprint density at radius 3 is 2.52 bits per heavy atom. The van der Waals surface area contributed by atoms with E-state index >= 15 is 0 Å². The fraction of sp³-hybridized carbons (Fsp3) is 0.211. The first kappa shape index (κ1) is 13.6. The first-order valence-electron chi connectivity index (χ1n) is 7.17. The Balaban J connectivity index is 1.97. The minimum absolute atomic E-state index is 0.121. The molecule has 0 aliphatic heterocycles. The highest BCUT2D eigenvalue weighted by atomic mass is 16.5. The van der Waals surface area contributed by atoms with E-state index < -0.39 is 0 Å². The van der Waals surface area contributed by atoms with Gasteiger partial charge in [-0.15, -0.1) is 0 Å². The molecule has 1 aliphatic rings. The monoisotopic (exact) mass is 278 g/mol. The summed E-state index contributed by atoms with van der Waals surface area (Å²) in [6, 6.07) is 13.9. The van der Waals surface area contributed by atoms with Crippen molar-refractivity contribution >= 4 is 11.9 Å². The Morgan fingerprint density at radius 2 is 1.81 bits per heavy atom. The first-order valence-corrected chi connectivity index (χ1v) is 7.17. The molecule has 2 heteroatoms. The predicted molar refractivity (Wildman–Crippen MR) is 84.8 cm³/mol. The summed E-state index contributed by atoms with van der Waals surface area (Å²) in [5, 5.41) is 0. The molecular weight excluding hydrogens is 260 g/mol. The molecule has 2 aromatic rings. The fourth-order valence-corrected chi connectivity index (χ4v) is 2.78. The maximum atomic E-state index is 12.6. The zero-order valence-electron chi connectivity index (χ0n) is 12.3. The molecule has 21 heavy (non-hydrogen) atoms. The average molecular weight is 278 g/mol. The Labute approximate surface area is 125 Å². The second kappa shape index (κ2) is 5.57. The van der Waals surface area contributed by atoms with Crippen LogP contribution in [-0.2, 0) is 6.42 Å². The summed E-state index contributed by atoms with van der Waals surface area (Å²) in [4.78, 5) is 12.6. The number of aryl methyl sites for hydroxylation is 1.